The fraction of sp³-hybridized carbons (Fsp3) is 0.667. The van der Waals surface area contributed by atoms with E-state index in [1.165, 1.54) is 0 Å². The topological polar surface area (TPSA) is 75.1 Å². The zero-order valence-corrected chi connectivity index (χ0v) is 12.4. The normalized spacial score (nSPS) is 26.2. The van der Waals surface area contributed by atoms with Gasteiger partial charge in [0.15, 0.2) is 0 Å². The summed E-state index contributed by atoms with van der Waals surface area (Å²) >= 11 is 0. The first-order chi connectivity index (χ1) is 9.47. The number of aromatic nitrogens is 2. The SMILES string of the molecule is CCC1CCC(Nc2nc(C)cnc2C)(C(=O)O)CC1. The molecular weight excluding hydrogens is 254 g/mol. The van der Waals surface area contributed by atoms with Gasteiger partial charge in [0.2, 0.25) is 0 Å². The van der Waals surface area contributed by atoms with Crippen molar-refractivity contribution in [2.24, 2.45) is 5.92 Å². The Balaban J connectivity index is 2.22. The van der Waals surface area contributed by atoms with Crippen LogP contribution in [0.2, 0.25) is 0 Å². The van der Waals surface area contributed by atoms with Crippen molar-refractivity contribution in [1.29, 1.82) is 0 Å². The maximum absolute atomic E-state index is 11.8. The molecule has 110 valence electrons. The molecule has 1 aromatic heterocycles. The molecule has 0 spiro atoms. The average molecular weight is 277 g/mol. The molecule has 0 unspecified atom stereocenters. The predicted octanol–water partition coefficient (Wildman–Crippen LogP) is 2.93. The van der Waals surface area contributed by atoms with Gasteiger partial charge in [0.1, 0.15) is 11.4 Å². The number of aliphatic carboxylic acids is 1. The van der Waals surface area contributed by atoms with Crippen LogP contribution in [0.5, 0.6) is 0 Å². The van der Waals surface area contributed by atoms with Crippen LogP contribution in [0.4, 0.5) is 5.82 Å². The number of carboxylic acid groups (broad SMARTS) is 1. The van der Waals surface area contributed by atoms with Gasteiger partial charge < -0.3 is 10.4 Å². The van der Waals surface area contributed by atoms with Gasteiger partial charge in [0, 0.05) is 6.20 Å². The highest BCUT2D eigenvalue weighted by Gasteiger charge is 2.42. The Labute approximate surface area is 119 Å². The molecule has 1 aliphatic rings. The smallest absolute Gasteiger partial charge is 0.329 e. The van der Waals surface area contributed by atoms with Crippen molar-refractivity contribution in [2.75, 3.05) is 5.32 Å². The Kier molecular flexibility index (Phi) is 4.26. The summed E-state index contributed by atoms with van der Waals surface area (Å²) in [5.74, 6) is 0.464. The fourth-order valence-corrected chi connectivity index (χ4v) is 2.85. The molecule has 0 atom stereocenters. The molecule has 1 fully saturated rings. The number of anilines is 1. The molecule has 0 aliphatic heterocycles. The van der Waals surface area contributed by atoms with Crippen LogP contribution in [0, 0.1) is 19.8 Å². The summed E-state index contributed by atoms with van der Waals surface area (Å²) in [4.78, 5) is 20.4. The lowest BCUT2D eigenvalue weighted by Gasteiger charge is -2.37. The Hall–Kier alpha value is -1.65. The molecule has 5 heteroatoms. The molecule has 2 rings (SSSR count). The number of rotatable bonds is 4. The molecule has 1 saturated carbocycles. The van der Waals surface area contributed by atoms with Gasteiger partial charge in [-0.15, -0.1) is 0 Å². The molecule has 0 bridgehead atoms. The van der Waals surface area contributed by atoms with Crippen molar-refractivity contribution in [2.45, 2.75) is 58.4 Å². The van der Waals surface area contributed by atoms with E-state index in [-0.39, 0.29) is 0 Å². The predicted molar refractivity (Wildman–Crippen MR) is 77.7 cm³/mol. The van der Waals surface area contributed by atoms with E-state index in [4.69, 9.17) is 0 Å². The van der Waals surface area contributed by atoms with Crippen LogP contribution >= 0.6 is 0 Å². The van der Waals surface area contributed by atoms with Crippen LogP contribution in [0.3, 0.4) is 0 Å². The van der Waals surface area contributed by atoms with E-state index >= 15 is 0 Å². The quantitative estimate of drug-likeness (QED) is 0.885. The van der Waals surface area contributed by atoms with Crippen LogP contribution in [-0.2, 0) is 4.79 Å². The highest BCUT2D eigenvalue weighted by molar-refractivity contribution is 5.82. The minimum Gasteiger partial charge on any atom is -0.480 e. The van der Waals surface area contributed by atoms with E-state index in [2.05, 4.69) is 22.2 Å². The summed E-state index contributed by atoms with van der Waals surface area (Å²) < 4.78 is 0. The van der Waals surface area contributed by atoms with Crippen LogP contribution in [0.25, 0.3) is 0 Å². The first-order valence-corrected chi connectivity index (χ1v) is 7.28. The highest BCUT2D eigenvalue weighted by atomic mass is 16.4. The number of nitrogens with one attached hydrogen (secondary N) is 1. The molecule has 0 amide bonds. The Morgan fingerprint density at radius 2 is 2.10 bits per heavy atom. The van der Waals surface area contributed by atoms with Crippen molar-refractivity contribution in [3.05, 3.63) is 17.6 Å². The number of hydrogen-bond acceptors (Lipinski definition) is 4. The molecule has 20 heavy (non-hydrogen) atoms. The van der Waals surface area contributed by atoms with Gasteiger partial charge in [-0.05, 0) is 45.4 Å². The fourth-order valence-electron chi connectivity index (χ4n) is 2.85. The van der Waals surface area contributed by atoms with Crippen LogP contribution in [0.15, 0.2) is 6.20 Å². The van der Waals surface area contributed by atoms with E-state index in [0.29, 0.717) is 24.6 Å². The Bertz CT molecular complexity index is 494. The highest BCUT2D eigenvalue weighted by Crippen LogP contribution is 2.36. The van der Waals surface area contributed by atoms with Gasteiger partial charge in [-0.1, -0.05) is 13.3 Å². The summed E-state index contributed by atoms with van der Waals surface area (Å²) in [6, 6.07) is 0. The van der Waals surface area contributed by atoms with Gasteiger partial charge in [-0.2, -0.15) is 0 Å². The molecule has 2 N–H and O–H groups in total. The largest absolute Gasteiger partial charge is 0.480 e. The Morgan fingerprint density at radius 1 is 1.45 bits per heavy atom. The molecule has 5 nitrogen and oxygen atoms in total. The first-order valence-electron chi connectivity index (χ1n) is 7.28. The lowest BCUT2D eigenvalue weighted by Crippen LogP contribution is -2.49. The molecule has 0 saturated heterocycles. The van der Waals surface area contributed by atoms with Crippen molar-refractivity contribution in [1.82, 2.24) is 9.97 Å². The van der Waals surface area contributed by atoms with Gasteiger partial charge in [-0.3, -0.25) is 4.98 Å². The van der Waals surface area contributed by atoms with Gasteiger partial charge in [0.05, 0.1) is 11.4 Å². The second-order valence-electron chi connectivity index (χ2n) is 5.81. The maximum Gasteiger partial charge on any atom is 0.329 e. The third kappa shape index (κ3) is 2.92. The molecule has 0 aromatic carbocycles. The minimum atomic E-state index is -0.890. The molecule has 1 aliphatic carbocycles. The lowest BCUT2D eigenvalue weighted by atomic mass is 9.75. The number of carbonyl (C=O) groups is 1. The number of carboxylic acids is 1. The molecular formula is C15H23N3O2. The maximum atomic E-state index is 11.8. The lowest BCUT2D eigenvalue weighted by molar-refractivity contribution is -0.143. The second kappa shape index (κ2) is 5.77. The minimum absolute atomic E-state index is 0.599. The van der Waals surface area contributed by atoms with Crippen molar-refractivity contribution >= 4 is 11.8 Å². The van der Waals surface area contributed by atoms with Gasteiger partial charge in [0.25, 0.3) is 0 Å². The number of hydrogen-bond donors (Lipinski definition) is 2. The average Bonchev–Trinajstić information content (AvgIpc) is 2.43. The van der Waals surface area contributed by atoms with E-state index < -0.39 is 11.5 Å². The standard InChI is InChI=1S/C15H23N3O2/c1-4-12-5-7-15(8-6-12,14(19)20)18-13-11(3)16-9-10(2)17-13/h9,12H,4-8H2,1-3H3,(H,17,18)(H,19,20). The zero-order valence-electron chi connectivity index (χ0n) is 12.4. The molecule has 0 radical (unpaired) electrons. The number of nitrogens with zero attached hydrogens (tertiary/aromatic N) is 2. The summed E-state index contributed by atoms with van der Waals surface area (Å²) in [6.45, 7) is 5.88. The summed E-state index contributed by atoms with van der Waals surface area (Å²) in [5.41, 5.74) is 0.647. The van der Waals surface area contributed by atoms with E-state index in [9.17, 15) is 9.90 Å². The van der Waals surface area contributed by atoms with Crippen molar-refractivity contribution in [3.8, 4) is 0 Å². The first kappa shape index (κ1) is 14.8. The van der Waals surface area contributed by atoms with E-state index in [0.717, 1.165) is 30.7 Å². The molecule has 1 heterocycles. The zero-order chi connectivity index (χ0) is 14.8. The van der Waals surface area contributed by atoms with Crippen LogP contribution in [-0.4, -0.2) is 26.6 Å². The van der Waals surface area contributed by atoms with Crippen LogP contribution < -0.4 is 5.32 Å². The Morgan fingerprint density at radius 3 is 2.65 bits per heavy atom. The van der Waals surface area contributed by atoms with Crippen molar-refractivity contribution in [3.63, 3.8) is 0 Å². The summed E-state index contributed by atoms with van der Waals surface area (Å²) in [6.07, 6.45) is 6.02. The summed E-state index contributed by atoms with van der Waals surface area (Å²) in [5, 5.41) is 12.8. The third-order valence-corrected chi connectivity index (χ3v) is 4.38. The van der Waals surface area contributed by atoms with Gasteiger partial charge in [-0.25, -0.2) is 9.78 Å². The van der Waals surface area contributed by atoms with Crippen molar-refractivity contribution < 1.29 is 9.90 Å². The van der Waals surface area contributed by atoms with Crippen LogP contribution in [0.1, 0.15) is 50.4 Å². The van der Waals surface area contributed by atoms with Gasteiger partial charge >= 0.3 is 5.97 Å². The van der Waals surface area contributed by atoms with E-state index in [1.807, 2.05) is 13.8 Å². The molecule has 1 aromatic rings. The monoisotopic (exact) mass is 277 g/mol. The third-order valence-electron chi connectivity index (χ3n) is 4.38. The number of aryl methyl sites for hydroxylation is 2. The second-order valence-corrected chi connectivity index (χ2v) is 5.81. The van der Waals surface area contributed by atoms with E-state index in [1.54, 1.807) is 6.20 Å². The summed E-state index contributed by atoms with van der Waals surface area (Å²) in [7, 11) is 0.